The average Bonchev–Trinajstić information content (AvgIpc) is 2.76. The summed E-state index contributed by atoms with van der Waals surface area (Å²) in [4.78, 5) is 11.9. The summed E-state index contributed by atoms with van der Waals surface area (Å²) in [6, 6.07) is 0. The van der Waals surface area contributed by atoms with Gasteiger partial charge in [0.2, 0.25) is 0 Å². The Bertz CT molecular complexity index is 551. The minimum absolute atomic E-state index is 0.0549. The van der Waals surface area contributed by atoms with Crippen molar-refractivity contribution in [3.63, 3.8) is 0 Å². The second kappa shape index (κ2) is 5.95. The average molecular weight is 315 g/mol. The van der Waals surface area contributed by atoms with Gasteiger partial charge < -0.3 is 10.4 Å². The summed E-state index contributed by atoms with van der Waals surface area (Å²) < 4.78 is 29.9. The fourth-order valence-electron chi connectivity index (χ4n) is 2.63. The van der Waals surface area contributed by atoms with Crippen LogP contribution in [0.1, 0.15) is 45.7 Å². The monoisotopic (exact) mass is 315 g/mol. The van der Waals surface area contributed by atoms with Gasteiger partial charge >= 0.3 is 5.92 Å². The van der Waals surface area contributed by atoms with Crippen molar-refractivity contribution in [1.29, 1.82) is 0 Å². The standard InChI is InChI=1S/C15H23F2N3O2/c1-4-12-11(8-18-20(12)9-10(2)3)19-13(21)15(16,17)14(22)6-5-7-14/h8,10,22H,4-7,9H2,1-3H3,(H,19,21). The first-order valence-corrected chi connectivity index (χ1v) is 7.67. The largest absolute Gasteiger partial charge is 0.383 e. The highest BCUT2D eigenvalue weighted by atomic mass is 19.3. The molecule has 0 aromatic carbocycles. The molecular weight excluding hydrogens is 292 g/mol. The number of carbonyl (C=O) groups excluding carboxylic acids is 1. The molecule has 1 aromatic rings. The lowest BCUT2D eigenvalue weighted by molar-refractivity contribution is -0.212. The van der Waals surface area contributed by atoms with Gasteiger partial charge in [0.1, 0.15) is 5.60 Å². The van der Waals surface area contributed by atoms with Gasteiger partial charge in [-0.25, -0.2) is 0 Å². The molecule has 0 aliphatic heterocycles. The molecule has 1 aliphatic carbocycles. The van der Waals surface area contributed by atoms with Crippen LogP contribution < -0.4 is 5.32 Å². The minimum Gasteiger partial charge on any atom is -0.383 e. The Balaban J connectivity index is 2.16. The molecule has 1 fully saturated rings. The van der Waals surface area contributed by atoms with Crippen LogP contribution in [0.2, 0.25) is 0 Å². The van der Waals surface area contributed by atoms with Gasteiger partial charge in [0.05, 0.1) is 17.6 Å². The smallest absolute Gasteiger partial charge is 0.352 e. The summed E-state index contributed by atoms with van der Waals surface area (Å²) in [5, 5.41) is 16.2. The first-order valence-electron chi connectivity index (χ1n) is 7.67. The predicted octanol–water partition coefficient (Wildman–Crippen LogP) is 2.59. The predicted molar refractivity (Wildman–Crippen MR) is 78.8 cm³/mol. The lowest BCUT2D eigenvalue weighted by Gasteiger charge is -2.41. The Morgan fingerprint density at radius 1 is 1.55 bits per heavy atom. The Kier molecular flexibility index (Phi) is 4.56. The zero-order valence-corrected chi connectivity index (χ0v) is 13.2. The Labute approximate surface area is 128 Å². The van der Waals surface area contributed by atoms with E-state index in [1.165, 1.54) is 6.20 Å². The molecule has 2 N–H and O–H groups in total. The van der Waals surface area contributed by atoms with E-state index in [-0.39, 0.29) is 18.5 Å². The van der Waals surface area contributed by atoms with E-state index in [0.717, 1.165) is 0 Å². The first kappa shape index (κ1) is 16.9. The third-order valence-corrected chi connectivity index (χ3v) is 4.12. The molecule has 1 aliphatic rings. The minimum atomic E-state index is -3.80. The Morgan fingerprint density at radius 3 is 2.64 bits per heavy atom. The molecule has 0 spiro atoms. The van der Waals surface area contributed by atoms with Gasteiger partial charge in [0.15, 0.2) is 0 Å². The number of nitrogens with one attached hydrogen (secondary N) is 1. The maximum Gasteiger partial charge on any atom is 0.352 e. The Hall–Kier alpha value is -1.50. The van der Waals surface area contributed by atoms with Crippen LogP contribution >= 0.6 is 0 Å². The first-order chi connectivity index (χ1) is 10.2. The summed E-state index contributed by atoms with van der Waals surface area (Å²) >= 11 is 0. The second-order valence-corrected chi connectivity index (χ2v) is 6.35. The number of aromatic nitrogens is 2. The van der Waals surface area contributed by atoms with Gasteiger partial charge in [0, 0.05) is 6.54 Å². The molecule has 0 saturated heterocycles. The van der Waals surface area contributed by atoms with E-state index < -0.39 is 17.4 Å². The maximum absolute atomic E-state index is 14.1. The number of amides is 1. The molecule has 1 amide bonds. The number of anilines is 1. The summed E-state index contributed by atoms with van der Waals surface area (Å²) in [6.45, 7) is 6.58. The van der Waals surface area contributed by atoms with E-state index in [1.807, 2.05) is 20.8 Å². The second-order valence-electron chi connectivity index (χ2n) is 6.35. The van der Waals surface area contributed by atoms with Crippen LogP contribution in [0.15, 0.2) is 6.20 Å². The van der Waals surface area contributed by atoms with E-state index in [4.69, 9.17) is 0 Å². The summed E-state index contributed by atoms with van der Waals surface area (Å²) in [5.74, 6) is -4.91. The van der Waals surface area contributed by atoms with Gasteiger partial charge in [-0.15, -0.1) is 0 Å². The van der Waals surface area contributed by atoms with Crippen molar-refractivity contribution in [3.8, 4) is 0 Å². The van der Waals surface area contributed by atoms with Crippen LogP contribution in [0.5, 0.6) is 0 Å². The van der Waals surface area contributed by atoms with Gasteiger partial charge in [-0.3, -0.25) is 9.48 Å². The van der Waals surface area contributed by atoms with Gasteiger partial charge in [-0.05, 0) is 31.6 Å². The van der Waals surface area contributed by atoms with Crippen LogP contribution in [-0.2, 0) is 17.8 Å². The zero-order valence-electron chi connectivity index (χ0n) is 13.2. The van der Waals surface area contributed by atoms with Crippen LogP contribution in [-0.4, -0.2) is 32.3 Å². The van der Waals surface area contributed by atoms with Crippen molar-refractivity contribution in [3.05, 3.63) is 11.9 Å². The fraction of sp³-hybridized carbons (Fsp3) is 0.733. The molecule has 5 nitrogen and oxygen atoms in total. The van der Waals surface area contributed by atoms with Gasteiger partial charge in [-0.2, -0.15) is 13.9 Å². The van der Waals surface area contributed by atoms with Gasteiger partial charge in [-0.1, -0.05) is 20.8 Å². The molecule has 124 valence electrons. The molecular formula is C15H23F2N3O2. The van der Waals surface area contributed by atoms with Crippen molar-refractivity contribution in [2.24, 2.45) is 5.92 Å². The van der Waals surface area contributed by atoms with E-state index in [9.17, 15) is 18.7 Å². The molecule has 0 radical (unpaired) electrons. The highest BCUT2D eigenvalue weighted by Crippen LogP contribution is 2.44. The van der Waals surface area contributed by atoms with Crippen molar-refractivity contribution in [2.75, 3.05) is 5.32 Å². The van der Waals surface area contributed by atoms with E-state index in [2.05, 4.69) is 10.4 Å². The van der Waals surface area contributed by atoms with Crippen molar-refractivity contribution >= 4 is 11.6 Å². The molecule has 1 heterocycles. The SMILES string of the molecule is CCc1c(NC(=O)C(F)(F)C2(O)CCC2)cnn1CC(C)C. The molecule has 1 saturated carbocycles. The maximum atomic E-state index is 14.1. The lowest BCUT2D eigenvalue weighted by Crippen LogP contribution is -2.59. The van der Waals surface area contributed by atoms with Crippen LogP contribution in [0, 0.1) is 5.92 Å². The summed E-state index contributed by atoms with van der Waals surface area (Å²) in [6.07, 6.45) is 2.35. The lowest BCUT2D eigenvalue weighted by atomic mass is 9.75. The van der Waals surface area contributed by atoms with Crippen LogP contribution in [0.4, 0.5) is 14.5 Å². The summed E-state index contributed by atoms with van der Waals surface area (Å²) in [7, 11) is 0. The number of hydrogen-bond donors (Lipinski definition) is 2. The number of aliphatic hydroxyl groups is 1. The van der Waals surface area contributed by atoms with E-state index >= 15 is 0 Å². The number of rotatable bonds is 6. The van der Waals surface area contributed by atoms with Crippen molar-refractivity contribution in [2.45, 2.75) is 64.5 Å². The molecule has 1 aromatic heterocycles. The zero-order chi connectivity index (χ0) is 16.5. The quantitative estimate of drug-likeness (QED) is 0.848. The van der Waals surface area contributed by atoms with E-state index in [1.54, 1.807) is 4.68 Å². The molecule has 0 bridgehead atoms. The number of nitrogens with zero attached hydrogens (tertiary/aromatic N) is 2. The number of halogens is 2. The summed E-state index contributed by atoms with van der Waals surface area (Å²) in [5.41, 5.74) is -1.22. The number of alkyl halides is 2. The van der Waals surface area contributed by atoms with Crippen molar-refractivity contribution in [1.82, 2.24) is 9.78 Å². The highest BCUT2D eigenvalue weighted by Gasteiger charge is 2.61. The number of carbonyl (C=O) groups is 1. The third-order valence-electron chi connectivity index (χ3n) is 4.12. The molecule has 22 heavy (non-hydrogen) atoms. The molecule has 0 unspecified atom stereocenters. The molecule has 7 heteroatoms. The van der Waals surface area contributed by atoms with Crippen LogP contribution in [0.3, 0.4) is 0 Å². The topological polar surface area (TPSA) is 67.2 Å². The fourth-order valence-corrected chi connectivity index (χ4v) is 2.63. The molecule has 0 atom stereocenters. The van der Waals surface area contributed by atoms with Crippen molar-refractivity contribution < 1.29 is 18.7 Å². The highest BCUT2D eigenvalue weighted by molar-refractivity contribution is 5.97. The van der Waals surface area contributed by atoms with Crippen LogP contribution in [0.25, 0.3) is 0 Å². The normalized spacial score (nSPS) is 17.4. The molecule has 2 rings (SSSR count). The number of hydrogen-bond acceptors (Lipinski definition) is 3. The van der Waals surface area contributed by atoms with E-state index in [0.29, 0.717) is 31.0 Å². The third kappa shape index (κ3) is 2.86. The van der Waals surface area contributed by atoms with Gasteiger partial charge in [0.25, 0.3) is 5.91 Å². The Morgan fingerprint density at radius 2 is 2.18 bits per heavy atom.